The smallest absolute Gasteiger partial charge is 0.416 e. The van der Waals surface area contributed by atoms with Crippen LogP contribution in [-0.4, -0.2) is 18.1 Å². The molecule has 0 fully saturated rings. The number of rotatable bonds is 1. The fraction of sp³-hybridized carbons (Fsp3) is 0.167. The Morgan fingerprint density at radius 2 is 2.00 bits per heavy atom. The van der Waals surface area contributed by atoms with Gasteiger partial charge < -0.3 is 4.74 Å². The monoisotopic (exact) mass is 255 g/mol. The first kappa shape index (κ1) is 12.3. The Balaban J connectivity index is 2.52. The summed E-state index contributed by atoms with van der Waals surface area (Å²) < 4.78 is 41.9. The number of ether oxygens (including phenoxy) is 1. The van der Waals surface area contributed by atoms with Gasteiger partial charge in [-0.2, -0.15) is 13.2 Å². The quantitative estimate of drug-likeness (QED) is 0.735. The van der Waals surface area contributed by atoms with Crippen molar-refractivity contribution in [2.24, 2.45) is 0 Å². The molecule has 0 N–H and O–H groups in total. The standard InChI is InChI=1S/C12H8F3NO2/c1-18-11(17)8-4-7-2-3-9(12(13,14)15)5-10(7)16-6-8/h2-6H,1H3. The van der Waals surface area contributed by atoms with Gasteiger partial charge >= 0.3 is 12.1 Å². The van der Waals surface area contributed by atoms with E-state index in [1.165, 1.54) is 25.4 Å². The molecule has 3 nitrogen and oxygen atoms in total. The third-order valence-electron chi connectivity index (χ3n) is 2.43. The van der Waals surface area contributed by atoms with E-state index >= 15 is 0 Å². The van der Waals surface area contributed by atoms with Crippen molar-refractivity contribution in [1.29, 1.82) is 0 Å². The molecule has 2 aromatic rings. The molecule has 0 radical (unpaired) electrons. The van der Waals surface area contributed by atoms with Gasteiger partial charge in [0.25, 0.3) is 0 Å². The normalized spacial score (nSPS) is 11.6. The van der Waals surface area contributed by atoms with E-state index in [1.54, 1.807) is 0 Å². The number of halogens is 3. The van der Waals surface area contributed by atoms with Crippen LogP contribution >= 0.6 is 0 Å². The van der Waals surface area contributed by atoms with Crippen LogP contribution in [0.25, 0.3) is 10.9 Å². The number of nitrogens with zero attached hydrogens (tertiary/aromatic N) is 1. The van der Waals surface area contributed by atoms with Crippen LogP contribution in [-0.2, 0) is 10.9 Å². The maximum absolute atomic E-state index is 12.5. The topological polar surface area (TPSA) is 39.2 Å². The van der Waals surface area contributed by atoms with Crippen molar-refractivity contribution in [3.05, 3.63) is 41.6 Å². The van der Waals surface area contributed by atoms with Gasteiger partial charge in [0.1, 0.15) is 0 Å². The minimum absolute atomic E-state index is 0.178. The van der Waals surface area contributed by atoms with Crippen molar-refractivity contribution >= 4 is 16.9 Å². The van der Waals surface area contributed by atoms with Gasteiger partial charge in [-0.1, -0.05) is 6.07 Å². The van der Waals surface area contributed by atoms with Gasteiger partial charge in [0.2, 0.25) is 0 Å². The van der Waals surface area contributed by atoms with Gasteiger partial charge in [-0.25, -0.2) is 4.79 Å². The Morgan fingerprint density at radius 3 is 2.61 bits per heavy atom. The number of benzene rings is 1. The molecule has 94 valence electrons. The second kappa shape index (κ2) is 4.29. The lowest BCUT2D eigenvalue weighted by Gasteiger charge is -2.07. The van der Waals surface area contributed by atoms with E-state index in [0.717, 1.165) is 12.1 Å². The predicted octanol–water partition coefficient (Wildman–Crippen LogP) is 3.04. The maximum atomic E-state index is 12.5. The predicted molar refractivity (Wildman–Crippen MR) is 58.1 cm³/mol. The van der Waals surface area contributed by atoms with Crippen LogP contribution in [0.3, 0.4) is 0 Å². The highest BCUT2D eigenvalue weighted by molar-refractivity contribution is 5.93. The number of carbonyl (C=O) groups excluding carboxylic acids is 1. The Labute approximate surface area is 100 Å². The number of methoxy groups -OCH3 is 1. The Hall–Kier alpha value is -2.11. The first-order valence-electron chi connectivity index (χ1n) is 4.97. The highest BCUT2D eigenvalue weighted by atomic mass is 19.4. The lowest BCUT2D eigenvalue weighted by molar-refractivity contribution is -0.137. The van der Waals surface area contributed by atoms with Crippen LogP contribution in [0.4, 0.5) is 13.2 Å². The van der Waals surface area contributed by atoms with Gasteiger partial charge in [0.05, 0.1) is 23.8 Å². The molecule has 1 aromatic carbocycles. The highest BCUT2D eigenvalue weighted by Gasteiger charge is 2.30. The molecular formula is C12H8F3NO2. The zero-order valence-corrected chi connectivity index (χ0v) is 9.28. The summed E-state index contributed by atoms with van der Waals surface area (Å²) in [7, 11) is 1.22. The molecular weight excluding hydrogens is 247 g/mol. The molecule has 0 atom stereocenters. The van der Waals surface area contributed by atoms with Crippen LogP contribution in [0.5, 0.6) is 0 Å². The molecule has 1 aromatic heterocycles. The number of hydrogen-bond acceptors (Lipinski definition) is 3. The van der Waals surface area contributed by atoms with Gasteiger partial charge in [0, 0.05) is 11.6 Å². The maximum Gasteiger partial charge on any atom is 0.416 e. The van der Waals surface area contributed by atoms with Crippen LogP contribution in [0.1, 0.15) is 15.9 Å². The molecule has 6 heteroatoms. The Bertz CT molecular complexity index is 608. The molecule has 0 aliphatic heterocycles. The molecule has 1 heterocycles. The lowest BCUT2D eigenvalue weighted by atomic mass is 10.1. The third kappa shape index (κ3) is 2.27. The Morgan fingerprint density at radius 1 is 1.28 bits per heavy atom. The number of esters is 1. The van der Waals surface area contributed by atoms with Crippen molar-refractivity contribution < 1.29 is 22.7 Å². The van der Waals surface area contributed by atoms with Crippen LogP contribution in [0, 0.1) is 0 Å². The molecule has 18 heavy (non-hydrogen) atoms. The lowest BCUT2D eigenvalue weighted by Crippen LogP contribution is -2.05. The van der Waals surface area contributed by atoms with E-state index < -0.39 is 17.7 Å². The summed E-state index contributed by atoms with van der Waals surface area (Å²) in [5.41, 5.74) is -0.393. The molecule has 0 amide bonds. The molecule has 0 bridgehead atoms. The van der Waals surface area contributed by atoms with E-state index in [0.29, 0.717) is 5.39 Å². The Kier molecular flexibility index (Phi) is 2.94. The van der Waals surface area contributed by atoms with Crippen molar-refractivity contribution in [3.8, 4) is 0 Å². The average molecular weight is 255 g/mol. The molecule has 0 spiro atoms. The number of pyridine rings is 1. The first-order chi connectivity index (χ1) is 8.41. The largest absolute Gasteiger partial charge is 0.465 e. The fourth-order valence-electron chi connectivity index (χ4n) is 1.53. The second-order valence-electron chi connectivity index (χ2n) is 3.62. The summed E-state index contributed by atoms with van der Waals surface area (Å²) in [4.78, 5) is 15.1. The van der Waals surface area contributed by atoms with Crippen molar-refractivity contribution in [3.63, 3.8) is 0 Å². The summed E-state index contributed by atoms with van der Waals surface area (Å²) in [5.74, 6) is -0.579. The summed E-state index contributed by atoms with van der Waals surface area (Å²) in [5, 5.41) is 0.450. The third-order valence-corrected chi connectivity index (χ3v) is 2.43. The number of alkyl halides is 3. The molecule has 0 unspecified atom stereocenters. The number of carbonyl (C=O) groups is 1. The summed E-state index contributed by atoms with van der Waals surface area (Å²) >= 11 is 0. The highest BCUT2D eigenvalue weighted by Crippen LogP contribution is 2.31. The van der Waals surface area contributed by atoms with Crippen LogP contribution in [0.2, 0.25) is 0 Å². The summed E-state index contributed by atoms with van der Waals surface area (Å²) in [6.45, 7) is 0. The number of hydrogen-bond donors (Lipinski definition) is 0. The zero-order valence-electron chi connectivity index (χ0n) is 9.28. The van der Waals surface area contributed by atoms with Gasteiger partial charge in [-0.05, 0) is 18.2 Å². The molecule has 0 aliphatic carbocycles. The fourth-order valence-corrected chi connectivity index (χ4v) is 1.53. The second-order valence-corrected chi connectivity index (χ2v) is 3.62. The molecule has 2 rings (SSSR count). The summed E-state index contributed by atoms with van der Waals surface area (Å²) in [6, 6.07) is 4.60. The minimum atomic E-state index is -4.41. The minimum Gasteiger partial charge on any atom is -0.465 e. The van der Waals surface area contributed by atoms with E-state index in [1.807, 2.05) is 0 Å². The van der Waals surface area contributed by atoms with E-state index in [4.69, 9.17) is 0 Å². The SMILES string of the molecule is COC(=O)c1cnc2cc(C(F)(F)F)ccc2c1. The molecule has 0 aliphatic rings. The van der Waals surface area contributed by atoms with Crippen LogP contribution < -0.4 is 0 Å². The van der Waals surface area contributed by atoms with E-state index in [2.05, 4.69) is 9.72 Å². The van der Waals surface area contributed by atoms with Crippen molar-refractivity contribution in [2.45, 2.75) is 6.18 Å². The molecule has 0 saturated heterocycles. The first-order valence-corrected chi connectivity index (χ1v) is 4.97. The number of fused-ring (bicyclic) bond motifs is 1. The van der Waals surface area contributed by atoms with E-state index in [9.17, 15) is 18.0 Å². The van der Waals surface area contributed by atoms with Crippen LogP contribution in [0.15, 0.2) is 30.5 Å². The zero-order chi connectivity index (χ0) is 13.3. The van der Waals surface area contributed by atoms with E-state index in [-0.39, 0.29) is 11.1 Å². The van der Waals surface area contributed by atoms with Gasteiger partial charge in [-0.15, -0.1) is 0 Å². The van der Waals surface area contributed by atoms with Gasteiger partial charge in [-0.3, -0.25) is 4.98 Å². The van der Waals surface area contributed by atoms with Crippen molar-refractivity contribution in [1.82, 2.24) is 4.98 Å². The number of aromatic nitrogens is 1. The van der Waals surface area contributed by atoms with Gasteiger partial charge in [0.15, 0.2) is 0 Å². The summed E-state index contributed by atoms with van der Waals surface area (Å²) in [6.07, 6.45) is -3.22. The molecule has 0 saturated carbocycles. The van der Waals surface area contributed by atoms with Crippen molar-refractivity contribution in [2.75, 3.05) is 7.11 Å². The average Bonchev–Trinajstić information content (AvgIpc) is 2.35.